The summed E-state index contributed by atoms with van der Waals surface area (Å²) in [6.07, 6.45) is 0. The van der Waals surface area contributed by atoms with Crippen LogP contribution in [-0.4, -0.2) is 19.5 Å². The Balaban J connectivity index is 0.965. The molecular formula is C59H34N4O. The van der Waals surface area contributed by atoms with Gasteiger partial charge in [-0.3, -0.25) is 0 Å². The molecule has 0 atom stereocenters. The summed E-state index contributed by atoms with van der Waals surface area (Å²) in [7, 11) is 0. The van der Waals surface area contributed by atoms with Gasteiger partial charge >= 0.3 is 0 Å². The van der Waals surface area contributed by atoms with Gasteiger partial charge in [0, 0.05) is 43.9 Å². The molecule has 296 valence electrons. The van der Waals surface area contributed by atoms with Crippen LogP contribution >= 0.6 is 0 Å². The normalized spacial score (nSPS) is 12.1. The van der Waals surface area contributed by atoms with Gasteiger partial charge in [-0.05, 0) is 121 Å². The standard InChI is InChI=1S/C59H34N4O/c1-2-12-35(13-3-1)57-60-58(62-59(61-57)50-31-40-18-8-9-19-44(40)46-20-10-11-21-47(46)50)42-23-26-54-51(32-42)56-45-25-24-43(28-41(45)22-27-55(56)64-54)63-52-33-38-16-6-4-14-36(38)29-48(52)49-30-37-15-5-7-17-39(37)34-53(49)63/h1-34H. The minimum absolute atomic E-state index is 0.603. The summed E-state index contributed by atoms with van der Waals surface area (Å²) >= 11 is 0. The van der Waals surface area contributed by atoms with Gasteiger partial charge < -0.3 is 8.98 Å². The summed E-state index contributed by atoms with van der Waals surface area (Å²) < 4.78 is 9.00. The number of benzene rings is 11. The number of nitrogens with zero attached hydrogens (tertiary/aromatic N) is 4. The van der Waals surface area contributed by atoms with Crippen LogP contribution in [-0.2, 0) is 0 Å². The molecule has 0 saturated heterocycles. The van der Waals surface area contributed by atoms with E-state index in [-0.39, 0.29) is 0 Å². The maximum absolute atomic E-state index is 6.57. The third kappa shape index (κ3) is 5.28. The summed E-state index contributed by atoms with van der Waals surface area (Å²) in [5.41, 5.74) is 7.92. The summed E-state index contributed by atoms with van der Waals surface area (Å²) in [5.74, 6) is 1.86. The molecule has 0 aliphatic heterocycles. The Hall–Kier alpha value is -8.67. The minimum atomic E-state index is 0.603. The highest BCUT2D eigenvalue weighted by molar-refractivity contribution is 6.21. The number of hydrogen-bond donors (Lipinski definition) is 0. The fraction of sp³-hybridized carbons (Fsp3) is 0. The van der Waals surface area contributed by atoms with Crippen molar-refractivity contribution < 1.29 is 4.42 Å². The lowest BCUT2D eigenvalue weighted by Gasteiger charge is -2.12. The number of aromatic nitrogens is 4. The van der Waals surface area contributed by atoms with Crippen LogP contribution in [0.25, 0.3) is 137 Å². The van der Waals surface area contributed by atoms with Gasteiger partial charge in [-0.15, -0.1) is 0 Å². The maximum Gasteiger partial charge on any atom is 0.164 e. The molecule has 3 aromatic heterocycles. The average molecular weight is 815 g/mol. The SMILES string of the molecule is c1ccc(-c2nc(-c3ccc4oc5ccc6cc(-n7c8cc9ccccc9cc8c8cc9ccccc9cc87)ccc6c5c4c3)nc(-c3cc4ccccc4c4ccccc34)n2)cc1. The summed E-state index contributed by atoms with van der Waals surface area (Å²) in [4.78, 5) is 15.6. The van der Waals surface area contributed by atoms with Crippen molar-refractivity contribution >= 4 is 97.6 Å². The van der Waals surface area contributed by atoms with Crippen LogP contribution in [0.4, 0.5) is 0 Å². The first-order valence-electron chi connectivity index (χ1n) is 21.7. The van der Waals surface area contributed by atoms with Gasteiger partial charge in [0.2, 0.25) is 0 Å². The average Bonchev–Trinajstić information content (AvgIpc) is 3.89. The molecule has 0 aliphatic rings. The smallest absolute Gasteiger partial charge is 0.164 e. The Labute approximate surface area is 366 Å². The van der Waals surface area contributed by atoms with E-state index in [1.54, 1.807) is 0 Å². The quantitative estimate of drug-likeness (QED) is 0.166. The predicted octanol–water partition coefficient (Wildman–Crippen LogP) is 15.6. The zero-order chi connectivity index (χ0) is 41.9. The van der Waals surface area contributed by atoms with E-state index in [1.165, 1.54) is 54.1 Å². The Bertz CT molecular complexity index is 4170. The van der Waals surface area contributed by atoms with Gasteiger partial charge in [-0.25, -0.2) is 15.0 Å². The first-order valence-corrected chi connectivity index (χ1v) is 21.7. The van der Waals surface area contributed by atoms with E-state index < -0.39 is 0 Å². The van der Waals surface area contributed by atoms with E-state index in [0.29, 0.717) is 17.5 Å². The largest absolute Gasteiger partial charge is 0.456 e. The van der Waals surface area contributed by atoms with Gasteiger partial charge in [0.15, 0.2) is 17.5 Å². The highest BCUT2D eigenvalue weighted by atomic mass is 16.3. The molecule has 0 amide bonds. The summed E-state index contributed by atoms with van der Waals surface area (Å²) in [5, 5.41) is 16.3. The van der Waals surface area contributed by atoms with E-state index in [9.17, 15) is 0 Å². The van der Waals surface area contributed by atoms with Crippen LogP contribution in [0, 0.1) is 0 Å². The van der Waals surface area contributed by atoms with Gasteiger partial charge in [-0.1, -0.05) is 140 Å². The van der Waals surface area contributed by atoms with E-state index in [0.717, 1.165) is 65.9 Å². The number of rotatable bonds is 4. The highest BCUT2D eigenvalue weighted by Gasteiger charge is 2.20. The molecule has 0 fully saturated rings. The summed E-state index contributed by atoms with van der Waals surface area (Å²) in [6, 6.07) is 73.5. The Morgan fingerprint density at radius 2 is 0.875 bits per heavy atom. The minimum Gasteiger partial charge on any atom is -0.456 e. The zero-order valence-electron chi connectivity index (χ0n) is 34.3. The second kappa shape index (κ2) is 13.4. The molecule has 64 heavy (non-hydrogen) atoms. The molecule has 3 heterocycles. The number of hydrogen-bond acceptors (Lipinski definition) is 4. The monoisotopic (exact) mass is 814 g/mol. The van der Waals surface area contributed by atoms with Gasteiger partial charge in [0.25, 0.3) is 0 Å². The molecule has 5 nitrogen and oxygen atoms in total. The maximum atomic E-state index is 6.57. The van der Waals surface area contributed by atoms with Crippen LogP contribution in [0.1, 0.15) is 0 Å². The third-order valence-electron chi connectivity index (χ3n) is 13.1. The lowest BCUT2D eigenvalue weighted by Crippen LogP contribution is -2.00. The fourth-order valence-electron chi connectivity index (χ4n) is 10.1. The van der Waals surface area contributed by atoms with E-state index in [2.05, 4.69) is 193 Å². The molecule has 0 aliphatic carbocycles. The molecule has 0 radical (unpaired) electrons. The van der Waals surface area contributed by atoms with Crippen LogP contribution in [0.5, 0.6) is 0 Å². The number of fused-ring (bicyclic) bond motifs is 13. The molecule has 14 aromatic rings. The second-order valence-corrected chi connectivity index (χ2v) is 16.8. The second-order valence-electron chi connectivity index (χ2n) is 16.8. The van der Waals surface area contributed by atoms with Crippen molar-refractivity contribution in [2.45, 2.75) is 0 Å². The van der Waals surface area contributed by atoms with Crippen molar-refractivity contribution in [2.75, 3.05) is 0 Å². The summed E-state index contributed by atoms with van der Waals surface area (Å²) in [6.45, 7) is 0. The van der Waals surface area contributed by atoms with Crippen molar-refractivity contribution in [1.29, 1.82) is 0 Å². The molecular weight excluding hydrogens is 781 g/mol. The molecule has 0 bridgehead atoms. The predicted molar refractivity (Wildman–Crippen MR) is 265 cm³/mol. The van der Waals surface area contributed by atoms with Crippen LogP contribution < -0.4 is 0 Å². The van der Waals surface area contributed by atoms with E-state index in [1.807, 2.05) is 18.2 Å². The first kappa shape index (κ1) is 35.0. The number of furan rings is 1. The van der Waals surface area contributed by atoms with Crippen LogP contribution in [0.15, 0.2) is 211 Å². The topological polar surface area (TPSA) is 56.7 Å². The molecule has 0 saturated carbocycles. The highest BCUT2D eigenvalue weighted by Crippen LogP contribution is 2.41. The molecule has 14 rings (SSSR count). The lowest BCUT2D eigenvalue weighted by molar-refractivity contribution is 0.669. The van der Waals surface area contributed by atoms with Crippen molar-refractivity contribution in [3.8, 4) is 39.9 Å². The van der Waals surface area contributed by atoms with Gasteiger partial charge in [0.05, 0.1) is 11.0 Å². The van der Waals surface area contributed by atoms with Crippen molar-refractivity contribution in [3.63, 3.8) is 0 Å². The lowest BCUT2D eigenvalue weighted by atomic mass is 9.97. The Kier molecular flexibility index (Phi) is 7.33. The first-order chi connectivity index (χ1) is 31.7. The Morgan fingerprint density at radius 3 is 1.59 bits per heavy atom. The van der Waals surface area contributed by atoms with E-state index >= 15 is 0 Å². The van der Waals surface area contributed by atoms with Gasteiger partial charge in [0.1, 0.15) is 11.2 Å². The van der Waals surface area contributed by atoms with Crippen molar-refractivity contribution in [1.82, 2.24) is 19.5 Å². The molecule has 5 heteroatoms. The van der Waals surface area contributed by atoms with Crippen molar-refractivity contribution in [3.05, 3.63) is 206 Å². The molecule has 0 spiro atoms. The molecule has 0 N–H and O–H groups in total. The molecule has 0 unspecified atom stereocenters. The third-order valence-corrected chi connectivity index (χ3v) is 13.1. The van der Waals surface area contributed by atoms with Crippen LogP contribution in [0.2, 0.25) is 0 Å². The van der Waals surface area contributed by atoms with Crippen molar-refractivity contribution in [2.24, 2.45) is 0 Å². The Morgan fingerprint density at radius 1 is 0.312 bits per heavy atom. The van der Waals surface area contributed by atoms with Gasteiger partial charge in [-0.2, -0.15) is 0 Å². The van der Waals surface area contributed by atoms with E-state index in [4.69, 9.17) is 19.4 Å². The fourth-order valence-corrected chi connectivity index (χ4v) is 10.1. The zero-order valence-corrected chi connectivity index (χ0v) is 34.3. The van der Waals surface area contributed by atoms with Crippen LogP contribution in [0.3, 0.4) is 0 Å². The molecule has 11 aromatic carbocycles.